The first-order chi connectivity index (χ1) is 7.83. The molecule has 1 atom stereocenters. The molecule has 6 nitrogen and oxygen atoms in total. The lowest BCUT2D eigenvalue weighted by atomic mass is 10.3. The van der Waals surface area contributed by atoms with Crippen molar-refractivity contribution in [3.63, 3.8) is 0 Å². The summed E-state index contributed by atoms with van der Waals surface area (Å²) in [6.45, 7) is 1.91. The van der Waals surface area contributed by atoms with Gasteiger partial charge in [0.25, 0.3) is 0 Å². The van der Waals surface area contributed by atoms with Crippen LogP contribution in [-0.2, 0) is 0 Å². The van der Waals surface area contributed by atoms with Crippen LogP contribution in [0.5, 0.6) is 5.88 Å². The van der Waals surface area contributed by atoms with Crippen molar-refractivity contribution < 1.29 is 4.74 Å². The summed E-state index contributed by atoms with van der Waals surface area (Å²) in [7, 11) is 1.49. The van der Waals surface area contributed by atoms with Crippen LogP contribution in [0.1, 0.15) is 12.0 Å². The predicted octanol–water partition coefficient (Wildman–Crippen LogP) is 0.552. The molecule has 1 fully saturated rings. The average Bonchev–Trinajstić information content (AvgIpc) is 2.81. The number of hydrogen-bond donors (Lipinski definition) is 2. The molecule has 0 saturated carbocycles. The largest absolute Gasteiger partial charge is 0.480 e. The van der Waals surface area contributed by atoms with Crippen LogP contribution < -0.4 is 15.4 Å². The van der Waals surface area contributed by atoms with Gasteiger partial charge in [-0.1, -0.05) is 0 Å². The molecule has 1 aromatic rings. The van der Waals surface area contributed by atoms with Gasteiger partial charge in [-0.05, 0) is 13.0 Å². The molecule has 2 N–H and O–H groups in total. The smallest absolute Gasteiger partial charge is 0.236 e. The highest BCUT2D eigenvalue weighted by atomic mass is 35.5. The number of rotatable bonds is 3. The fourth-order valence-corrected chi connectivity index (χ4v) is 1.63. The summed E-state index contributed by atoms with van der Waals surface area (Å²) < 4.78 is 5.01. The molecule has 0 radical (unpaired) electrons. The molecule has 1 aliphatic rings. The Hall–Kier alpha value is -1.58. The highest BCUT2D eigenvalue weighted by molar-refractivity contribution is 5.85. The second kappa shape index (κ2) is 6.23. The van der Waals surface area contributed by atoms with Crippen molar-refractivity contribution in [1.82, 2.24) is 15.3 Å². The summed E-state index contributed by atoms with van der Waals surface area (Å²) >= 11 is 0. The maximum Gasteiger partial charge on any atom is 0.236 e. The molecule has 7 heteroatoms. The van der Waals surface area contributed by atoms with Crippen LogP contribution >= 0.6 is 12.4 Å². The Kier molecular flexibility index (Phi) is 4.94. The third-order valence-corrected chi connectivity index (χ3v) is 2.46. The second-order valence-electron chi connectivity index (χ2n) is 3.56. The van der Waals surface area contributed by atoms with E-state index >= 15 is 0 Å². The zero-order valence-electron chi connectivity index (χ0n) is 9.43. The Labute approximate surface area is 106 Å². The van der Waals surface area contributed by atoms with Gasteiger partial charge in [-0.25, -0.2) is 4.98 Å². The van der Waals surface area contributed by atoms with Gasteiger partial charge in [-0.3, -0.25) is 0 Å². The molecular weight excluding hydrogens is 242 g/mol. The minimum Gasteiger partial charge on any atom is -0.480 e. The van der Waals surface area contributed by atoms with Crippen LogP contribution in [0.4, 0.5) is 5.95 Å². The summed E-state index contributed by atoms with van der Waals surface area (Å²) in [5, 5.41) is 15.2. The van der Waals surface area contributed by atoms with E-state index in [1.807, 2.05) is 6.07 Å². The molecule has 1 saturated heterocycles. The zero-order valence-corrected chi connectivity index (χ0v) is 10.3. The van der Waals surface area contributed by atoms with Crippen molar-refractivity contribution in [3.05, 3.63) is 11.8 Å². The van der Waals surface area contributed by atoms with E-state index in [4.69, 9.17) is 10.00 Å². The van der Waals surface area contributed by atoms with Gasteiger partial charge in [-0.15, -0.1) is 12.4 Å². The lowest BCUT2D eigenvalue weighted by Gasteiger charge is -2.11. The average molecular weight is 256 g/mol. The van der Waals surface area contributed by atoms with E-state index < -0.39 is 0 Å². The molecule has 2 rings (SSSR count). The van der Waals surface area contributed by atoms with Gasteiger partial charge in [-0.2, -0.15) is 10.2 Å². The molecule has 1 aromatic heterocycles. The molecular formula is C10H14ClN5O. The fourth-order valence-electron chi connectivity index (χ4n) is 1.63. The van der Waals surface area contributed by atoms with Crippen molar-refractivity contribution in [2.75, 3.05) is 25.5 Å². The summed E-state index contributed by atoms with van der Waals surface area (Å²) in [6, 6.07) is 2.32. The summed E-state index contributed by atoms with van der Waals surface area (Å²) in [5.74, 6) is 0.815. The number of hydrogen-bond acceptors (Lipinski definition) is 6. The van der Waals surface area contributed by atoms with Crippen LogP contribution in [0.15, 0.2) is 6.20 Å². The SMILES string of the molecule is COc1nc(N[C@@H]2CCNC2)ncc1C#N.Cl. The van der Waals surface area contributed by atoms with Crippen LogP contribution in [0.25, 0.3) is 0 Å². The van der Waals surface area contributed by atoms with Gasteiger partial charge >= 0.3 is 0 Å². The predicted molar refractivity (Wildman–Crippen MR) is 65.4 cm³/mol. The Bertz CT molecular complexity index is 414. The van der Waals surface area contributed by atoms with E-state index in [0.717, 1.165) is 19.5 Å². The zero-order chi connectivity index (χ0) is 11.4. The minimum atomic E-state index is 0. The molecule has 0 amide bonds. The van der Waals surface area contributed by atoms with Crippen molar-refractivity contribution in [1.29, 1.82) is 5.26 Å². The highest BCUT2D eigenvalue weighted by Gasteiger charge is 2.16. The number of halogens is 1. The van der Waals surface area contributed by atoms with Gasteiger partial charge in [0, 0.05) is 12.6 Å². The number of aromatic nitrogens is 2. The van der Waals surface area contributed by atoms with E-state index in [2.05, 4.69) is 20.6 Å². The van der Waals surface area contributed by atoms with E-state index in [9.17, 15) is 0 Å². The summed E-state index contributed by atoms with van der Waals surface area (Å²) in [5.41, 5.74) is 0.345. The van der Waals surface area contributed by atoms with E-state index in [-0.39, 0.29) is 12.4 Å². The number of methoxy groups -OCH3 is 1. The van der Waals surface area contributed by atoms with Crippen LogP contribution in [0.2, 0.25) is 0 Å². The van der Waals surface area contributed by atoms with Crippen LogP contribution in [0, 0.1) is 11.3 Å². The molecule has 0 spiro atoms. The number of anilines is 1. The molecule has 0 aliphatic carbocycles. The van der Waals surface area contributed by atoms with Gasteiger partial charge < -0.3 is 15.4 Å². The van der Waals surface area contributed by atoms with Gasteiger partial charge in [0.05, 0.1) is 13.3 Å². The fraction of sp³-hybridized carbons (Fsp3) is 0.500. The Morgan fingerprint density at radius 2 is 2.47 bits per heavy atom. The first-order valence-corrected chi connectivity index (χ1v) is 5.12. The molecule has 17 heavy (non-hydrogen) atoms. The van der Waals surface area contributed by atoms with E-state index in [0.29, 0.717) is 23.4 Å². The quantitative estimate of drug-likeness (QED) is 0.821. The van der Waals surface area contributed by atoms with Crippen molar-refractivity contribution in [2.24, 2.45) is 0 Å². The lowest BCUT2D eigenvalue weighted by molar-refractivity contribution is 0.396. The first kappa shape index (κ1) is 13.5. The Morgan fingerprint density at radius 3 is 3.06 bits per heavy atom. The standard InChI is InChI=1S/C10H13N5O.ClH/c1-16-9-7(4-11)5-13-10(15-9)14-8-2-3-12-6-8;/h5,8,12H,2-3,6H2,1H3,(H,13,14,15);1H/t8-;/m1./s1. The topological polar surface area (TPSA) is 82.9 Å². The Balaban J connectivity index is 0.00000144. The Morgan fingerprint density at radius 1 is 1.65 bits per heavy atom. The van der Waals surface area contributed by atoms with Crippen molar-refractivity contribution >= 4 is 18.4 Å². The molecule has 0 aromatic carbocycles. The molecule has 1 aliphatic heterocycles. The number of nitriles is 1. The maximum atomic E-state index is 8.78. The van der Waals surface area contributed by atoms with Gasteiger partial charge in [0.1, 0.15) is 11.6 Å². The molecule has 0 bridgehead atoms. The maximum absolute atomic E-state index is 8.78. The third-order valence-electron chi connectivity index (χ3n) is 2.46. The summed E-state index contributed by atoms with van der Waals surface area (Å²) in [6.07, 6.45) is 2.52. The van der Waals surface area contributed by atoms with Gasteiger partial charge in [0.2, 0.25) is 11.8 Å². The third kappa shape index (κ3) is 3.19. The van der Waals surface area contributed by atoms with Crippen LogP contribution in [-0.4, -0.2) is 36.2 Å². The molecule has 0 unspecified atom stereocenters. The molecule has 92 valence electrons. The first-order valence-electron chi connectivity index (χ1n) is 5.12. The van der Waals surface area contributed by atoms with Crippen molar-refractivity contribution in [3.8, 4) is 11.9 Å². The number of nitrogens with one attached hydrogen (secondary N) is 2. The van der Waals surface area contributed by atoms with Gasteiger partial charge in [0.15, 0.2) is 0 Å². The second-order valence-corrected chi connectivity index (χ2v) is 3.56. The van der Waals surface area contributed by atoms with E-state index in [1.165, 1.54) is 13.3 Å². The lowest BCUT2D eigenvalue weighted by Crippen LogP contribution is -2.23. The van der Waals surface area contributed by atoms with Crippen molar-refractivity contribution in [2.45, 2.75) is 12.5 Å². The number of nitrogens with zero attached hydrogens (tertiary/aromatic N) is 3. The van der Waals surface area contributed by atoms with Crippen LogP contribution in [0.3, 0.4) is 0 Å². The number of ether oxygens (including phenoxy) is 1. The molecule has 2 heterocycles. The minimum absolute atomic E-state index is 0. The highest BCUT2D eigenvalue weighted by Crippen LogP contribution is 2.15. The van der Waals surface area contributed by atoms with E-state index in [1.54, 1.807) is 0 Å². The monoisotopic (exact) mass is 255 g/mol. The normalized spacial score (nSPS) is 18.0. The summed E-state index contributed by atoms with van der Waals surface area (Å²) in [4.78, 5) is 8.20.